The number of urea groups is 1. The minimum Gasteiger partial charge on any atom is -0.343 e. The van der Waals surface area contributed by atoms with Crippen LogP contribution in [0.1, 0.15) is 36.0 Å². The summed E-state index contributed by atoms with van der Waals surface area (Å²) in [4.78, 5) is 39.1. The van der Waals surface area contributed by atoms with Gasteiger partial charge in [0.15, 0.2) is 0 Å². The van der Waals surface area contributed by atoms with Crippen LogP contribution in [-0.4, -0.2) is 53.3 Å². The average molecular weight is 343 g/mol. The van der Waals surface area contributed by atoms with E-state index in [1.807, 2.05) is 4.90 Å². The van der Waals surface area contributed by atoms with Crippen LogP contribution in [0.15, 0.2) is 18.2 Å². The lowest BCUT2D eigenvalue weighted by molar-refractivity contribution is -0.133. The van der Waals surface area contributed by atoms with Crippen molar-refractivity contribution in [1.82, 2.24) is 15.1 Å². The van der Waals surface area contributed by atoms with Gasteiger partial charge in [-0.05, 0) is 49.8 Å². The number of aryl methyl sites for hydroxylation is 3. The molecule has 2 saturated heterocycles. The number of carbonyl (C=O) groups excluding carboxylic acids is 3. The first-order chi connectivity index (χ1) is 12.0. The monoisotopic (exact) mass is 343 g/mol. The second kappa shape index (κ2) is 7.25. The van der Waals surface area contributed by atoms with Crippen LogP contribution in [0, 0.1) is 13.8 Å². The van der Waals surface area contributed by atoms with Gasteiger partial charge in [-0.2, -0.15) is 0 Å². The number of imide groups is 1. The molecule has 2 aliphatic rings. The zero-order valence-corrected chi connectivity index (χ0v) is 14.9. The molecule has 0 aliphatic carbocycles. The molecule has 4 amide bonds. The molecule has 6 heteroatoms. The van der Waals surface area contributed by atoms with E-state index < -0.39 is 0 Å². The standard InChI is InChI=1S/C19H25N3O3/c1-13-3-4-15(11-14(13)2)5-6-17(23)21-9-7-16(8-10-21)22-18(24)12-20-19(22)25/h3-4,11,16H,5-10,12H2,1-2H3,(H,20,25). The molecule has 0 saturated carbocycles. The average Bonchev–Trinajstić information content (AvgIpc) is 2.94. The fraction of sp³-hybridized carbons (Fsp3) is 0.526. The molecule has 0 radical (unpaired) electrons. The Balaban J connectivity index is 1.49. The molecule has 1 aromatic rings. The Morgan fingerprint density at radius 1 is 1.16 bits per heavy atom. The lowest BCUT2D eigenvalue weighted by Gasteiger charge is -2.35. The molecule has 0 spiro atoms. The SMILES string of the molecule is Cc1ccc(CCC(=O)N2CCC(N3C(=O)CNC3=O)CC2)cc1C. The molecule has 0 unspecified atom stereocenters. The van der Waals surface area contributed by atoms with Crippen LogP contribution < -0.4 is 5.32 Å². The molecule has 2 heterocycles. The number of nitrogens with zero attached hydrogens (tertiary/aromatic N) is 2. The molecule has 0 atom stereocenters. The van der Waals surface area contributed by atoms with Gasteiger partial charge in [0.2, 0.25) is 11.8 Å². The smallest absolute Gasteiger partial charge is 0.324 e. The van der Waals surface area contributed by atoms with E-state index in [2.05, 4.69) is 37.4 Å². The second-order valence-electron chi connectivity index (χ2n) is 6.95. The van der Waals surface area contributed by atoms with E-state index in [1.54, 1.807) is 0 Å². The fourth-order valence-electron chi connectivity index (χ4n) is 3.55. The predicted octanol–water partition coefficient (Wildman–Crippen LogP) is 1.78. The molecule has 1 aromatic carbocycles. The largest absolute Gasteiger partial charge is 0.343 e. The molecule has 0 aromatic heterocycles. The van der Waals surface area contributed by atoms with Crippen LogP contribution in [0.4, 0.5) is 4.79 Å². The molecular weight excluding hydrogens is 318 g/mol. The number of hydrogen-bond acceptors (Lipinski definition) is 3. The van der Waals surface area contributed by atoms with Gasteiger partial charge in [-0.25, -0.2) is 4.79 Å². The second-order valence-corrected chi connectivity index (χ2v) is 6.95. The van der Waals surface area contributed by atoms with E-state index >= 15 is 0 Å². The number of carbonyl (C=O) groups is 3. The van der Waals surface area contributed by atoms with Gasteiger partial charge in [0.05, 0.1) is 6.54 Å². The van der Waals surface area contributed by atoms with Crippen molar-refractivity contribution < 1.29 is 14.4 Å². The van der Waals surface area contributed by atoms with E-state index in [0.29, 0.717) is 32.4 Å². The maximum absolute atomic E-state index is 12.4. The minimum atomic E-state index is -0.301. The first-order valence-corrected chi connectivity index (χ1v) is 8.89. The highest BCUT2D eigenvalue weighted by Crippen LogP contribution is 2.20. The van der Waals surface area contributed by atoms with Crippen molar-refractivity contribution >= 4 is 17.8 Å². The first-order valence-electron chi connectivity index (χ1n) is 8.89. The van der Waals surface area contributed by atoms with Crippen LogP contribution >= 0.6 is 0 Å². The third-order valence-corrected chi connectivity index (χ3v) is 5.26. The van der Waals surface area contributed by atoms with Crippen LogP contribution in [0.3, 0.4) is 0 Å². The number of nitrogens with one attached hydrogen (secondary N) is 1. The molecular formula is C19H25N3O3. The van der Waals surface area contributed by atoms with Gasteiger partial charge in [-0.3, -0.25) is 14.5 Å². The van der Waals surface area contributed by atoms with Crippen molar-refractivity contribution in [3.63, 3.8) is 0 Å². The van der Waals surface area contributed by atoms with Crippen molar-refractivity contribution in [1.29, 1.82) is 0 Å². The zero-order chi connectivity index (χ0) is 18.0. The molecule has 2 fully saturated rings. The molecule has 2 aliphatic heterocycles. The van der Waals surface area contributed by atoms with Crippen molar-refractivity contribution in [3.8, 4) is 0 Å². The Labute approximate surface area is 148 Å². The summed E-state index contributed by atoms with van der Waals surface area (Å²) in [6, 6.07) is 5.94. The highest BCUT2D eigenvalue weighted by molar-refractivity contribution is 6.02. The number of likely N-dealkylation sites (tertiary alicyclic amines) is 1. The van der Waals surface area contributed by atoms with Gasteiger partial charge in [-0.15, -0.1) is 0 Å². The zero-order valence-electron chi connectivity index (χ0n) is 14.9. The van der Waals surface area contributed by atoms with Crippen molar-refractivity contribution in [2.24, 2.45) is 0 Å². The highest BCUT2D eigenvalue weighted by Gasteiger charge is 2.37. The Kier molecular flexibility index (Phi) is 5.06. The van der Waals surface area contributed by atoms with Crippen LogP contribution in [0.2, 0.25) is 0 Å². The topological polar surface area (TPSA) is 69.7 Å². The quantitative estimate of drug-likeness (QED) is 0.847. The van der Waals surface area contributed by atoms with Gasteiger partial charge >= 0.3 is 6.03 Å². The van der Waals surface area contributed by atoms with Crippen LogP contribution in [0.25, 0.3) is 0 Å². The number of benzene rings is 1. The van der Waals surface area contributed by atoms with Crippen LogP contribution in [-0.2, 0) is 16.0 Å². The van der Waals surface area contributed by atoms with Crippen LogP contribution in [0.5, 0.6) is 0 Å². The van der Waals surface area contributed by atoms with E-state index in [1.165, 1.54) is 21.6 Å². The third-order valence-electron chi connectivity index (χ3n) is 5.26. The van der Waals surface area contributed by atoms with Crippen molar-refractivity contribution in [3.05, 3.63) is 34.9 Å². The van der Waals surface area contributed by atoms with Crippen molar-refractivity contribution in [2.45, 2.75) is 45.6 Å². The molecule has 6 nitrogen and oxygen atoms in total. The summed E-state index contributed by atoms with van der Waals surface area (Å²) < 4.78 is 0. The first kappa shape index (κ1) is 17.5. The maximum atomic E-state index is 12.4. The fourth-order valence-corrected chi connectivity index (χ4v) is 3.55. The lowest BCUT2D eigenvalue weighted by Crippen LogP contribution is -2.49. The van der Waals surface area contributed by atoms with Crippen molar-refractivity contribution in [2.75, 3.05) is 19.6 Å². The van der Waals surface area contributed by atoms with E-state index in [9.17, 15) is 14.4 Å². The number of rotatable bonds is 4. The van der Waals surface area contributed by atoms with E-state index in [4.69, 9.17) is 0 Å². The molecule has 1 N–H and O–H groups in total. The Morgan fingerprint density at radius 3 is 2.48 bits per heavy atom. The van der Waals surface area contributed by atoms with Gasteiger partial charge in [0.1, 0.15) is 0 Å². The summed E-state index contributed by atoms with van der Waals surface area (Å²) in [5.74, 6) is -0.0154. The van der Waals surface area contributed by atoms with Gasteiger partial charge in [0.25, 0.3) is 0 Å². The Bertz CT molecular complexity index is 677. The Morgan fingerprint density at radius 2 is 1.88 bits per heavy atom. The Hall–Kier alpha value is -2.37. The molecule has 25 heavy (non-hydrogen) atoms. The maximum Gasteiger partial charge on any atom is 0.324 e. The minimum absolute atomic E-state index is 0.0844. The van der Waals surface area contributed by atoms with E-state index in [-0.39, 0.29) is 30.4 Å². The summed E-state index contributed by atoms with van der Waals surface area (Å²) in [6.45, 7) is 5.47. The summed E-state index contributed by atoms with van der Waals surface area (Å²) in [5, 5.41) is 2.55. The van der Waals surface area contributed by atoms with Gasteiger partial charge < -0.3 is 10.2 Å². The predicted molar refractivity (Wildman–Crippen MR) is 94.1 cm³/mol. The lowest BCUT2D eigenvalue weighted by atomic mass is 10.0. The highest BCUT2D eigenvalue weighted by atomic mass is 16.2. The normalized spacial score (nSPS) is 18.6. The van der Waals surface area contributed by atoms with Gasteiger partial charge in [-0.1, -0.05) is 18.2 Å². The summed E-state index contributed by atoms with van der Waals surface area (Å²) >= 11 is 0. The van der Waals surface area contributed by atoms with Gasteiger partial charge in [0, 0.05) is 25.6 Å². The molecule has 0 bridgehead atoms. The number of piperidine rings is 1. The molecule has 3 rings (SSSR count). The number of hydrogen-bond donors (Lipinski definition) is 1. The summed E-state index contributed by atoms with van der Waals surface area (Å²) in [5.41, 5.74) is 3.70. The summed E-state index contributed by atoms with van der Waals surface area (Å²) in [7, 11) is 0. The van der Waals surface area contributed by atoms with E-state index in [0.717, 1.165) is 6.42 Å². The number of amides is 4. The summed E-state index contributed by atoms with van der Waals surface area (Å²) in [6.07, 6.45) is 2.56. The molecule has 134 valence electrons. The third kappa shape index (κ3) is 3.83.